The molecule has 3 aliphatic carbocycles. The second-order valence-electron chi connectivity index (χ2n) is 24.4. The van der Waals surface area contributed by atoms with Crippen molar-refractivity contribution in [2.24, 2.45) is 32.7 Å². The fourth-order valence-electron chi connectivity index (χ4n) is 9.69. The fourth-order valence-corrected chi connectivity index (χ4v) is 13.1. The number of nitrogens with zero attached hydrogens (tertiary/aromatic N) is 3. The van der Waals surface area contributed by atoms with Crippen molar-refractivity contribution in [3.8, 4) is 17.2 Å². The molecule has 3 fully saturated rings. The molecule has 25 heteroatoms. The molecular weight excluding hydrogens is 1230 g/mol. The maximum atomic E-state index is 13.3. The number of rotatable bonds is 33. The second kappa shape index (κ2) is 33.1. The Kier molecular flexibility index (Phi) is 26.3. The van der Waals surface area contributed by atoms with Gasteiger partial charge in [-0.2, -0.15) is 0 Å². The first-order chi connectivity index (χ1) is 43.4. The maximum Gasteiger partial charge on any atom is 0.339 e. The lowest BCUT2D eigenvalue weighted by molar-refractivity contribution is -0.169. The van der Waals surface area contributed by atoms with Crippen molar-refractivity contribution in [1.82, 2.24) is 16.0 Å². The van der Waals surface area contributed by atoms with Crippen molar-refractivity contribution < 1.29 is 60.9 Å². The molecule has 91 heavy (non-hydrogen) atoms. The number of ether oxygens (including phenoxy) is 6. The van der Waals surface area contributed by atoms with E-state index in [1.54, 1.807) is 39.0 Å². The van der Waals surface area contributed by atoms with E-state index in [0.29, 0.717) is 149 Å². The van der Waals surface area contributed by atoms with Gasteiger partial charge in [0.05, 0.1) is 62.8 Å². The van der Waals surface area contributed by atoms with Crippen molar-refractivity contribution in [2.75, 3.05) is 56.9 Å². The van der Waals surface area contributed by atoms with Gasteiger partial charge in [-0.3, -0.25) is 34.2 Å². The molecule has 6 aliphatic rings. The molecule has 0 spiro atoms. The zero-order chi connectivity index (χ0) is 66.1. The number of thioether (sulfide) groups is 3. The number of hydrogen-bond donors (Lipinski definition) is 3. The SMILES string of the molecule is C=C(OCC)C1=N[C@](C)(C(=O)N[C@H](CCC)c2cc(OCC3CC3)cc(=O)o2)CS1.CCC[C@@H](NC(=O)[C@]1(C)CSC(C(C)(OCC)OCC)=N1)c1cc(OCC2CC2)cc(=O)o1.CCC[C@@H](NC(=O)[C@]1(C)CSC(C(C)=O)=N1)c1cc(OCC2CC2)cc(=O)o1. The number of ketones is 1. The van der Waals surface area contributed by atoms with Crippen molar-refractivity contribution in [3.05, 3.63) is 97.3 Å². The molecule has 0 radical (unpaired) electrons. The summed E-state index contributed by atoms with van der Waals surface area (Å²) >= 11 is 4.21. The number of carbonyl (C=O) groups is 4. The van der Waals surface area contributed by atoms with E-state index in [0.717, 1.165) is 57.8 Å². The predicted molar refractivity (Wildman–Crippen MR) is 355 cm³/mol. The highest BCUT2D eigenvalue weighted by atomic mass is 32.2. The number of nitrogens with one attached hydrogen (secondary N) is 3. The average Bonchev–Trinajstić information content (AvgIpc) is 1.75. The van der Waals surface area contributed by atoms with Crippen LogP contribution in [0.1, 0.15) is 189 Å². The molecule has 0 bridgehead atoms. The van der Waals surface area contributed by atoms with E-state index in [-0.39, 0.29) is 23.5 Å². The van der Waals surface area contributed by atoms with Gasteiger partial charge in [-0.15, -0.1) is 35.3 Å². The summed E-state index contributed by atoms with van der Waals surface area (Å²) < 4.78 is 50.5. The molecule has 3 aromatic rings. The predicted octanol–water partition coefficient (Wildman–Crippen LogP) is 10.8. The molecule has 0 saturated heterocycles. The molecular formula is C66H92N6O16S3. The van der Waals surface area contributed by atoms with Crippen LogP contribution in [0.4, 0.5) is 0 Å². The van der Waals surface area contributed by atoms with Crippen molar-refractivity contribution >= 4 is 73.9 Å². The normalized spacial score (nSPS) is 21.9. The molecule has 0 aromatic carbocycles. The topological polar surface area (TPSA) is 287 Å². The van der Waals surface area contributed by atoms with Crippen LogP contribution in [0.5, 0.6) is 17.2 Å². The van der Waals surface area contributed by atoms with Crippen LogP contribution in [0.2, 0.25) is 0 Å². The second-order valence-corrected chi connectivity index (χ2v) is 27.3. The number of Topliss-reactive ketones (excluding diaryl/α,β-unsaturated/α-hetero) is 1. The van der Waals surface area contributed by atoms with E-state index in [1.165, 1.54) is 60.4 Å². The van der Waals surface area contributed by atoms with Crippen LogP contribution in [0, 0.1) is 17.8 Å². The minimum atomic E-state index is -1.02. The Morgan fingerprint density at radius 3 is 1.21 bits per heavy atom. The van der Waals surface area contributed by atoms with Crippen LogP contribution in [-0.2, 0) is 33.4 Å². The summed E-state index contributed by atoms with van der Waals surface area (Å²) in [4.78, 5) is 101. The summed E-state index contributed by atoms with van der Waals surface area (Å²) in [5.74, 6) is 4.30. The highest BCUT2D eigenvalue weighted by Gasteiger charge is 2.46. The summed E-state index contributed by atoms with van der Waals surface area (Å²) in [6, 6.07) is 7.78. The summed E-state index contributed by atoms with van der Waals surface area (Å²) in [5, 5.41) is 10.7. The molecule has 500 valence electrons. The lowest BCUT2D eigenvalue weighted by atomic mass is 10.0. The van der Waals surface area contributed by atoms with E-state index in [1.807, 2.05) is 48.5 Å². The van der Waals surface area contributed by atoms with Crippen LogP contribution < -0.4 is 47.0 Å². The van der Waals surface area contributed by atoms with Gasteiger partial charge in [-0.25, -0.2) is 14.4 Å². The van der Waals surface area contributed by atoms with Crippen LogP contribution in [-0.4, -0.2) is 118 Å². The Labute approximate surface area is 545 Å². The minimum absolute atomic E-state index is 0.141. The van der Waals surface area contributed by atoms with Crippen LogP contribution in [0.15, 0.2) is 91.3 Å². The van der Waals surface area contributed by atoms with Crippen molar-refractivity contribution in [3.63, 3.8) is 0 Å². The third-order valence-electron chi connectivity index (χ3n) is 15.6. The summed E-state index contributed by atoms with van der Waals surface area (Å²) in [6.45, 7) is 27.4. The molecule has 6 atom stereocenters. The van der Waals surface area contributed by atoms with E-state index in [2.05, 4.69) is 32.5 Å². The summed E-state index contributed by atoms with van der Waals surface area (Å²) in [6.07, 6.45) is 11.2. The maximum absolute atomic E-state index is 13.3. The minimum Gasteiger partial charge on any atom is -0.493 e. The van der Waals surface area contributed by atoms with Gasteiger partial charge in [0.1, 0.15) is 72.0 Å². The van der Waals surface area contributed by atoms with Gasteiger partial charge in [-0.05, 0) is 124 Å². The zero-order valence-corrected chi connectivity index (χ0v) is 57.0. The Bertz CT molecular complexity index is 3310. The van der Waals surface area contributed by atoms with E-state index >= 15 is 0 Å². The smallest absolute Gasteiger partial charge is 0.339 e. The highest BCUT2D eigenvalue weighted by Crippen LogP contribution is 2.38. The molecule has 6 heterocycles. The first-order valence-electron chi connectivity index (χ1n) is 31.9. The zero-order valence-electron chi connectivity index (χ0n) is 54.6. The van der Waals surface area contributed by atoms with Crippen molar-refractivity contribution in [2.45, 2.75) is 194 Å². The Morgan fingerprint density at radius 1 is 0.549 bits per heavy atom. The molecule has 3 amide bonds. The van der Waals surface area contributed by atoms with Gasteiger partial charge < -0.3 is 57.6 Å². The molecule has 0 unspecified atom stereocenters. The highest BCUT2D eigenvalue weighted by molar-refractivity contribution is 8.16. The largest absolute Gasteiger partial charge is 0.493 e. The fraction of sp³-hybridized carbons (Fsp3) is 0.636. The van der Waals surface area contributed by atoms with E-state index in [4.69, 9.17) is 46.7 Å². The average molecular weight is 1320 g/mol. The van der Waals surface area contributed by atoms with E-state index in [9.17, 15) is 33.6 Å². The molecule has 3 saturated carbocycles. The van der Waals surface area contributed by atoms with E-state index < -0.39 is 57.4 Å². The number of amides is 3. The lowest BCUT2D eigenvalue weighted by Crippen LogP contribution is -2.45. The number of aliphatic imine (C=N–C) groups is 3. The lowest BCUT2D eigenvalue weighted by Gasteiger charge is -2.28. The van der Waals surface area contributed by atoms with Crippen LogP contribution >= 0.6 is 35.3 Å². The van der Waals surface area contributed by atoms with Gasteiger partial charge in [0.25, 0.3) is 0 Å². The number of hydrogen-bond acceptors (Lipinski definition) is 22. The van der Waals surface area contributed by atoms with Gasteiger partial charge in [0.15, 0.2) is 5.78 Å². The Hall–Kier alpha value is -6.15. The first-order valence-corrected chi connectivity index (χ1v) is 34.9. The third kappa shape index (κ3) is 21.2. The first kappa shape index (κ1) is 72.3. The molecule has 3 aliphatic heterocycles. The summed E-state index contributed by atoms with van der Waals surface area (Å²) in [7, 11) is 0. The molecule has 22 nitrogen and oxygen atoms in total. The quantitative estimate of drug-likeness (QED) is 0.0377. The standard InChI is InChI=1S/C24H36N2O6S.C22H30N2O5S.C20H26N2O5S/c1-6-9-18(19-12-17(13-20(27)32-19)29-14-16-10-11-16)25-21(28)23(4)15-33-22(26-23)24(5,30-7-2)31-8-3;1-5-7-17(18-10-16(11-19(25)29-18)28-12-15-8-9-15)23-21(26)22(4)13-30-20(24-22)14(3)27-6-2;1-4-5-15(21-19(25)20(3)11-28-18(22-20)12(2)23)16-8-14(9-17(24)27-16)26-10-13-6-7-13/h12-13,16,18H,6-11,14-15H2,1-5H3,(H,25,28);10-11,15,17H,3,5-9,12-13H2,1-2,4H3,(H,23,26);8-9,13,15H,4-7,10-11H2,1-3H3,(H,21,25)/t18-,23+;17-,22+;15-,20+/m111/s1. The monoisotopic (exact) mass is 1320 g/mol. The Balaban J connectivity index is 0.000000195. The molecule has 3 aromatic heterocycles. The van der Waals surface area contributed by atoms with Gasteiger partial charge >= 0.3 is 16.9 Å². The van der Waals surface area contributed by atoms with Crippen LogP contribution in [0.25, 0.3) is 0 Å². The van der Waals surface area contributed by atoms with Crippen LogP contribution in [0.3, 0.4) is 0 Å². The van der Waals surface area contributed by atoms with Crippen molar-refractivity contribution in [1.29, 1.82) is 0 Å². The molecule has 9 rings (SSSR count). The third-order valence-corrected chi connectivity index (χ3v) is 19.7. The molecule has 3 N–H and O–H groups in total. The number of carbonyl (C=O) groups excluding carboxylic acids is 4. The Morgan fingerprint density at radius 2 is 0.890 bits per heavy atom. The van der Waals surface area contributed by atoms with Gasteiger partial charge in [-0.1, -0.05) is 46.6 Å². The summed E-state index contributed by atoms with van der Waals surface area (Å²) in [5.41, 5.74) is -4.41. The van der Waals surface area contributed by atoms with Gasteiger partial charge in [0.2, 0.25) is 23.5 Å². The van der Waals surface area contributed by atoms with Gasteiger partial charge in [0, 0.05) is 55.6 Å².